The molecule has 2 aliphatic heterocycles. The average molecular weight is 360 g/mol. The maximum absolute atomic E-state index is 12.4. The molecule has 2 fully saturated rings. The molecule has 1 atom stereocenters. The van der Waals surface area contributed by atoms with E-state index in [-0.39, 0.29) is 5.91 Å². The standard InChI is InChI=1S/C20H33N5O/c1-23-11-7-19(8-12-23)25-10-4-6-18(15-25)22-20(26)16-24(2)14-17-5-3-9-21-13-17/h3,5,9,13,18-19H,4,6-8,10-12,14-16H2,1-2H3,(H,22,26)/t18-/m1/s1. The zero-order valence-corrected chi connectivity index (χ0v) is 16.2. The minimum absolute atomic E-state index is 0.131. The predicted molar refractivity (Wildman–Crippen MR) is 104 cm³/mol. The lowest BCUT2D eigenvalue weighted by molar-refractivity contribution is -0.123. The van der Waals surface area contributed by atoms with Crippen LogP contribution < -0.4 is 5.32 Å². The Morgan fingerprint density at radius 1 is 1.31 bits per heavy atom. The molecule has 0 spiro atoms. The van der Waals surface area contributed by atoms with Crippen molar-refractivity contribution < 1.29 is 4.79 Å². The predicted octanol–water partition coefficient (Wildman–Crippen LogP) is 1.19. The summed E-state index contributed by atoms with van der Waals surface area (Å²) < 4.78 is 0. The summed E-state index contributed by atoms with van der Waals surface area (Å²) in [4.78, 5) is 23.6. The number of nitrogens with one attached hydrogen (secondary N) is 1. The number of likely N-dealkylation sites (N-methyl/N-ethyl adjacent to an activating group) is 1. The third kappa shape index (κ3) is 5.76. The molecule has 6 heteroatoms. The van der Waals surface area contributed by atoms with Crippen LogP contribution in [0.25, 0.3) is 0 Å². The van der Waals surface area contributed by atoms with Gasteiger partial charge in [-0.3, -0.25) is 19.6 Å². The number of hydrogen-bond donors (Lipinski definition) is 1. The summed E-state index contributed by atoms with van der Waals surface area (Å²) in [6.07, 6.45) is 8.42. The van der Waals surface area contributed by atoms with Crippen molar-refractivity contribution in [2.75, 3.05) is 46.8 Å². The largest absolute Gasteiger partial charge is 0.351 e. The van der Waals surface area contributed by atoms with E-state index >= 15 is 0 Å². The van der Waals surface area contributed by atoms with Crippen molar-refractivity contribution in [3.05, 3.63) is 30.1 Å². The SMILES string of the molecule is CN1CCC(N2CCC[C@@H](NC(=O)CN(C)Cc3cccnc3)C2)CC1. The number of pyridine rings is 1. The molecule has 1 amide bonds. The highest BCUT2D eigenvalue weighted by Crippen LogP contribution is 2.20. The van der Waals surface area contributed by atoms with E-state index in [2.05, 4.69) is 27.1 Å². The zero-order chi connectivity index (χ0) is 18.4. The first-order valence-electron chi connectivity index (χ1n) is 9.89. The fourth-order valence-corrected chi connectivity index (χ4v) is 4.19. The van der Waals surface area contributed by atoms with E-state index in [1.165, 1.54) is 38.9 Å². The number of likely N-dealkylation sites (tertiary alicyclic amines) is 2. The van der Waals surface area contributed by atoms with E-state index in [1.54, 1.807) is 6.20 Å². The van der Waals surface area contributed by atoms with Crippen molar-refractivity contribution >= 4 is 5.91 Å². The third-order valence-electron chi connectivity index (χ3n) is 5.61. The molecule has 0 saturated carbocycles. The van der Waals surface area contributed by atoms with Gasteiger partial charge in [-0.2, -0.15) is 0 Å². The molecule has 1 N–H and O–H groups in total. The maximum Gasteiger partial charge on any atom is 0.234 e. The number of carbonyl (C=O) groups is 1. The van der Waals surface area contributed by atoms with Crippen LogP contribution in [-0.2, 0) is 11.3 Å². The van der Waals surface area contributed by atoms with Gasteiger partial charge in [0.1, 0.15) is 0 Å². The van der Waals surface area contributed by atoms with Crippen molar-refractivity contribution in [2.24, 2.45) is 0 Å². The molecule has 2 aliphatic rings. The normalized spacial score (nSPS) is 23.3. The molecule has 0 radical (unpaired) electrons. The molecule has 1 aromatic rings. The van der Waals surface area contributed by atoms with Crippen molar-refractivity contribution in [3.63, 3.8) is 0 Å². The summed E-state index contributed by atoms with van der Waals surface area (Å²) in [6.45, 7) is 5.75. The number of aromatic nitrogens is 1. The van der Waals surface area contributed by atoms with Gasteiger partial charge in [-0.05, 0) is 71.0 Å². The van der Waals surface area contributed by atoms with Crippen molar-refractivity contribution in [2.45, 2.75) is 44.3 Å². The van der Waals surface area contributed by atoms with E-state index in [9.17, 15) is 4.79 Å². The first-order valence-corrected chi connectivity index (χ1v) is 9.89. The Morgan fingerprint density at radius 2 is 2.12 bits per heavy atom. The molecule has 144 valence electrons. The van der Waals surface area contributed by atoms with Crippen molar-refractivity contribution in [1.29, 1.82) is 0 Å². The maximum atomic E-state index is 12.4. The second-order valence-corrected chi connectivity index (χ2v) is 7.97. The molecular formula is C20H33N5O. The number of amides is 1. The Hall–Kier alpha value is -1.50. The quantitative estimate of drug-likeness (QED) is 0.827. The Labute approximate surface area is 157 Å². The first kappa shape index (κ1) is 19.3. The molecule has 6 nitrogen and oxygen atoms in total. The highest BCUT2D eigenvalue weighted by molar-refractivity contribution is 5.78. The van der Waals surface area contributed by atoms with Gasteiger partial charge < -0.3 is 10.2 Å². The summed E-state index contributed by atoms with van der Waals surface area (Å²) in [5.41, 5.74) is 1.13. The lowest BCUT2D eigenvalue weighted by Crippen LogP contribution is -2.54. The van der Waals surface area contributed by atoms with Crippen LogP contribution in [-0.4, -0.2) is 84.5 Å². The van der Waals surface area contributed by atoms with Crippen LogP contribution in [0.3, 0.4) is 0 Å². The van der Waals surface area contributed by atoms with Crippen molar-refractivity contribution in [3.8, 4) is 0 Å². The molecular weight excluding hydrogens is 326 g/mol. The summed E-state index contributed by atoms with van der Waals surface area (Å²) >= 11 is 0. The minimum atomic E-state index is 0.131. The fraction of sp³-hybridized carbons (Fsp3) is 0.700. The Balaban J connectivity index is 1.42. The van der Waals surface area contributed by atoms with E-state index in [1.807, 2.05) is 30.3 Å². The Bertz CT molecular complexity index is 559. The number of rotatable bonds is 6. The monoisotopic (exact) mass is 359 g/mol. The van der Waals surface area contributed by atoms with E-state index in [0.29, 0.717) is 18.6 Å². The van der Waals surface area contributed by atoms with Gasteiger partial charge in [0.05, 0.1) is 6.54 Å². The topological polar surface area (TPSA) is 51.7 Å². The molecule has 0 aliphatic carbocycles. The van der Waals surface area contributed by atoms with Crippen LogP contribution in [0.2, 0.25) is 0 Å². The molecule has 26 heavy (non-hydrogen) atoms. The number of piperidine rings is 2. The summed E-state index contributed by atoms with van der Waals surface area (Å²) in [5.74, 6) is 0.131. The van der Waals surface area contributed by atoms with E-state index in [4.69, 9.17) is 0 Å². The van der Waals surface area contributed by atoms with Gasteiger partial charge in [0, 0.05) is 37.6 Å². The van der Waals surface area contributed by atoms with Crippen LogP contribution in [0.5, 0.6) is 0 Å². The summed E-state index contributed by atoms with van der Waals surface area (Å²) in [6, 6.07) is 4.96. The summed E-state index contributed by atoms with van der Waals surface area (Å²) in [7, 11) is 4.19. The van der Waals surface area contributed by atoms with E-state index in [0.717, 1.165) is 25.1 Å². The molecule has 0 unspecified atom stereocenters. The average Bonchev–Trinajstić information content (AvgIpc) is 2.63. The van der Waals surface area contributed by atoms with Crippen LogP contribution in [0, 0.1) is 0 Å². The lowest BCUT2D eigenvalue weighted by Gasteiger charge is -2.41. The lowest BCUT2D eigenvalue weighted by atomic mass is 9.98. The van der Waals surface area contributed by atoms with Crippen molar-refractivity contribution in [1.82, 2.24) is 25.0 Å². The van der Waals surface area contributed by atoms with Crippen LogP contribution in [0.1, 0.15) is 31.2 Å². The van der Waals surface area contributed by atoms with Crippen LogP contribution >= 0.6 is 0 Å². The van der Waals surface area contributed by atoms with Gasteiger partial charge in [-0.1, -0.05) is 6.07 Å². The molecule has 3 heterocycles. The molecule has 1 aromatic heterocycles. The fourth-order valence-electron chi connectivity index (χ4n) is 4.19. The van der Waals surface area contributed by atoms with Gasteiger partial charge in [0.15, 0.2) is 0 Å². The van der Waals surface area contributed by atoms with Gasteiger partial charge in [-0.25, -0.2) is 0 Å². The smallest absolute Gasteiger partial charge is 0.234 e. The van der Waals surface area contributed by atoms with Gasteiger partial charge in [0.2, 0.25) is 5.91 Å². The Kier molecular flexibility index (Phi) is 7.00. The number of carbonyl (C=O) groups excluding carboxylic acids is 1. The second kappa shape index (κ2) is 9.44. The van der Waals surface area contributed by atoms with Gasteiger partial charge in [0.25, 0.3) is 0 Å². The number of hydrogen-bond acceptors (Lipinski definition) is 5. The molecule has 2 saturated heterocycles. The first-order chi connectivity index (χ1) is 12.6. The van der Waals surface area contributed by atoms with Gasteiger partial charge in [-0.15, -0.1) is 0 Å². The Morgan fingerprint density at radius 3 is 2.85 bits per heavy atom. The van der Waals surface area contributed by atoms with Gasteiger partial charge >= 0.3 is 0 Å². The van der Waals surface area contributed by atoms with Crippen LogP contribution in [0.4, 0.5) is 0 Å². The molecule has 0 bridgehead atoms. The second-order valence-electron chi connectivity index (χ2n) is 7.97. The molecule has 3 rings (SSSR count). The third-order valence-corrected chi connectivity index (χ3v) is 5.61. The highest BCUT2D eigenvalue weighted by Gasteiger charge is 2.28. The molecule has 0 aromatic carbocycles. The number of nitrogens with zero attached hydrogens (tertiary/aromatic N) is 4. The minimum Gasteiger partial charge on any atom is -0.351 e. The van der Waals surface area contributed by atoms with Crippen LogP contribution in [0.15, 0.2) is 24.5 Å². The highest BCUT2D eigenvalue weighted by atomic mass is 16.2. The zero-order valence-electron chi connectivity index (χ0n) is 16.2. The summed E-state index contributed by atoms with van der Waals surface area (Å²) in [5, 5.41) is 3.27. The van der Waals surface area contributed by atoms with E-state index < -0.39 is 0 Å².